The molecule has 0 aliphatic rings. The Morgan fingerprint density at radius 1 is 1.04 bits per heavy atom. The molecule has 2 amide bonds. The molecule has 0 saturated carbocycles. The number of hydrogen-bond donors (Lipinski definition) is 1. The Kier molecular flexibility index (Phi) is 8.52. The summed E-state index contributed by atoms with van der Waals surface area (Å²) in [6, 6.07) is 16.0. The van der Waals surface area contributed by atoms with Crippen LogP contribution in [0.1, 0.15) is 37.3 Å². The summed E-state index contributed by atoms with van der Waals surface area (Å²) in [5.74, 6) is -0.161. The number of amides is 2. The van der Waals surface area contributed by atoms with Gasteiger partial charge in [0, 0.05) is 23.6 Å². The van der Waals surface area contributed by atoms with E-state index in [4.69, 9.17) is 0 Å². The maximum atomic E-state index is 12.2. The molecule has 2 aromatic rings. The molecule has 2 rings (SSSR count). The van der Waals surface area contributed by atoms with E-state index in [9.17, 15) is 9.59 Å². The highest BCUT2D eigenvalue weighted by Gasteiger charge is 2.13. The topological polar surface area (TPSA) is 49.4 Å². The first-order chi connectivity index (χ1) is 13.0. The fraction of sp³-hybridized carbons (Fsp3) is 0.364. The quantitative estimate of drug-likeness (QED) is 0.579. The summed E-state index contributed by atoms with van der Waals surface area (Å²) in [4.78, 5) is 26.0. The van der Waals surface area contributed by atoms with E-state index in [2.05, 4.69) is 40.3 Å². The van der Waals surface area contributed by atoms with Crippen molar-refractivity contribution in [1.82, 2.24) is 4.90 Å². The minimum absolute atomic E-state index is 0.00438. The number of halogens is 1. The average Bonchev–Trinajstić information content (AvgIpc) is 2.66. The number of para-hydroxylation sites is 1. The summed E-state index contributed by atoms with van der Waals surface area (Å²) in [7, 11) is 1.68. The number of likely N-dealkylation sites (N-methyl/N-ethyl adjacent to an activating group) is 1. The fourth-order valence-electron chi connectivity index (χ4n) is 2.89. The molecule has 5 heteroatoms. The highest BCUT2D eigenvalue weighted by Crippen LogP contribution is 2.16. The lowest BCUT2D eigenvalue weighted by molar-refractivity contribution is -0.133. The molecule has 0 aromatic heterocycles. The largest absolute Gasteiger partial charge is 0.336 e. The molecule has 0 fully saturated rings. The summed E-state index contributed by atoms with van der Waals surface area (Å²) < 4.78 is 1.07. The molecule has 0 unspecified atom stereocenters. The van der Waals surface area contributed by atoms with Crippen molar-refractivity contribution in [2.24, 2.45) is 0 Å². The molecule has 27 heavy (non-hydrogen) atoms. The van der Waals surface area contributed by atoms with Gasteiger partial charge in [0.2, 0.25) is 11.8 Å². The highest BCUT2D eigenvalue weighted by molar-refractivity contribution is 9.10. The maximum absolute atomic E-state index is 12.2. The minimum atomic E-state index is -0.165. The Labute approximate surface area is 170 Å². The van der Waals surface area contributed by atoms with Crippen LogP contribution in [0.3, 0.4) is 0 Å². The van der Waals surface area contributed by atoms with Crippen LogP contribution in [0.4, 0.5) is 5.69 Å². The summed E-state index contributed by atoms with van der Waals surface area (Å²) >= 11 is 3.43. The SMILES string of the molecule is CCc1ccccc1NC(=O)CN(C)C(=O)CCCCc1ccc(Br)cc1. The van der Waals surface area contributed by atoms with E-state index >= 15 is 0 Å². The van der Waals surface area contributed by atoms with Crippen LogP contribution in [0.25, 0.3) is 0 Å². The number of unbranched alkanes of at least 4 members (excludes halogenated alkanes) is 1. The Morgan fingerprint density at radius 2 is 1.74 bits per heavy atom. The first kappa shape index (κ1) is 21.2. The fourth-order valence-corrected chi connectivity index (χ4v) is 3.16. The van der Waals surface area contributed by atoms with Crippen LogP contribution in [0.5, 0.6) is 0 Å². The zero-order valence-corrected chi connectivity index (χ0v) is 17.6. The van der Waals surface area contributed by atoms with E-state index in [1.807, 2.05) is 36.4 Å². The number of nitrogens with zero attached hydrogens (tertiary/aromatic N) is 1. The van der Waals surface area contributed by atoms with Crippen LogP contribution in [0.2, 0.25) is 0 Å². The van der Waals surface area contributed by atoms with Gasteiger partial charge in [-0.15, -0.1) is 0 Å². The third-order valence-corrected chi connectivity index (χ3v) is 5.03. The van der Waals surface area contributed by atoms with E-state index in [1.54, 1.807) is 7.05 Å². The molecule has 0 atom stereocenters. The summed E-state index contributed by atoms with van der Waals surface area (Å²) in [5, 5.41) is 2.90. The smallest absolute Gasteiger partial charge is 0.243 e. The maximum Gasteiger partial charge on any atom is 0.243 e. The van der Waals surface area contributed by atoms with Crippen molar-refractivity contribution in [3.8, 4) is 0 Å². The minimum Gasteiger partial charge on any atom is -0.336 e. The monoisotopic (exact) mass is 430 g/mol. The summed E-state index contributed by atoms with van der Waals surface area (Å²) in [6.07, 6.45) is 4.05. The van der Waals surface area contributed by atoms with Gasteiger partial charge in [0.05, 0.1) is 6.54 Å². The van der Waals surface area contributed by atoms with Crippen LogP contribution in [-0.4, -0.2) is 30.3 Å². The molecule has 4 nitrogen and oxygen atoms in total. The Bertz CT molecular complexity index is 759. The molecule has 0 bridgehead atoms. The number of benzene rings is 2. The summed E-state index contributed by atoms with van der Waals surface area (Å²) in [5.41, 5.74) is 3.18. The zero-order valence-electron chi connectivity index (χ0n) is 16.0. The van der Waals surface area contributed by atoms with Gasteiger partial charge in [0.15, 0.2) is 0 Å². The van der Waals surface area contributed by atoms with E-state index in [0.717, 1.165) is 41.4 Å². The molecule has 0 aliphatic heterocycles. The lowest BCUT2D eigenvalue weighted by Gasteiger charge is -2.17. The van der Waals surface area contributed by atoms with Crippen LogP contribution in [0, 0.1) is 0 Å². The van der Waals surface area contributed by atoms with Gasteiger partial charge in [-0.3, -0.25) is 9.59 Å². The van der Waals surface area contributed by atoms with Crippen LogP contribution in [-0.2, 0) is 22.4 Å². The second-order valence-corrected chi connectivity index (χ2v) is 7.56. The van der Waals surface area contributed by atoms with Crippen LogP contribution in [0.15, 0.2) is 53.0 Å². The predicted octanol–water partition coefficient (Wildman–Crippen LogP) is 4.82. The molecule has 0 aliphatic carbocycles. The van der Waals surface area contributed by atoms with E-state index in [1.165, 1.54) is 10.5 Å². The molecule has 1 N–H and O–H groups in total. The van der Waals surface area contributed by atoms with Crippen molar-refractivity contribution in [1.29, 1.82) is 0 Å². The predicted molar refractivity (Wildman–Crippen MR) is 114 cm³/mol. The molecule has 0 saturated heterocycles. The van der Waals surface area contributed by atoms with Crippen molar-refractivity contribution in [2.45, 2.75) is 39.0 Å². The third kappa shape index (κ3) is 7.18. The van der Waals surface area contributed by atoms with Gasteiger partial charge in [0.1, 0.15) is 0 Å². The molecule has 144 valence electrons. The average molecular weight is 431 g/mol. The zero-order chi connectivity index (χ0) is 19.6. The van der Waals surface area contributed by atoms with Gasteiger partial charge in [-0.2, -0.15) is 0 Å². The molecular weight excluding hydrogens is 404 g/mol. The molecule has 0 spiro atoms. The van der Waals surface area contributed by atoms with E-state index < -0.39 is 0 Å². The van der Waals surface area contributed by atoms with Gasteiger partial charge in [0.25, 0.3) is 0 Å². The van der Waals surface area contributed by atoms with E-state index in [0.29, 0.717) is 6.42 Å². The second-order valence-electron chi connectivity index (χ2n) is 6.64. The number of carbonyl (C=O) groups excluding carboxylic acids is 2. The van der Waals surface area contributed by atoms with Crippen molar-refractivity contribution in [3.05, 3.63) is 64.1 Å². The number of nitrogens with one attached hydrogen (secondary N) is 1. The molecular formula is C22H27BrN2O2. The first-order valence-corrected chi connectivity index (χ1v) is 10.1. The van der Waals surface area contributed by atoms with Gasteiger partial charge >= 0.3 is 0 Å². The third-order valence-electron chi connectivity index (χ3n) is 4.50. The molecule has 0 heterocycles. The Morgan fingerprint density at radius 3 is 2.44 bits per heavy atom. The normalized spacial score (nSPS) is 10.5. The van der Waals surface area contributed by atoms with Gasteiger partial charge < -0.3 is 10.2 Å². The molecule has 2 aromatic carbocycles. The van der Waals surface area contributed by atoms with Crippen LogP contribution < -0.4 is 5.32 Å². The number of aryl methyl sites for hydroxylation is 2. The molecule has 0 radical (unpaired) electrons. The number of rotatable bonds is 9. The van der Waals surface area contributed by atoms with Crippen molar-refractivity contribution >= 4 is 33.4 Å². The Balaban J connectivity index is 1.71. The van der Waals surface area contributed by atoms with E-state index in [-0.39, 0.29) is 18.4 Å². The summed E-state index contributed by atoms with van der Waals surface area (Å²) in [6.45, 7) is 2.12. The number of carbonyl (C=O) groups is 2. The van der Waals surface area contributed by atoms with Gasteiger partial charge in [-0.25, -0.2) is 0 Å². The van der Waals surface area contributed by atoms with Crippen molar-refractivity contribution in [3.63, 3.8) is 0 Å². The Hall–Kier alpha value is -2.14. The lowest BCUT2D eigenvalue weighted by Crippen LogP contribution is -2.34. The van der Waals surface area contributed by atoms with Gasteiger partial charge in [-0.1, -0.05) is 53.2 Å². The van der Waals surface area contributed by atoms with Crippen molar-refractivity contribution in [2.75, 3.05) is 18.9 Å². The van der Waals surface area contributed by atoms with Crippen molar-refractivity contribution < 1.29 is 9.59 Å². The standard InChI is InChI=1S/C22H27BrN2O2/c1-3-18-9-5-6-10-20(18)24-21(26)16-25(2)22(27)11-7-4-8-17-12-14-19(23)15-13-17/h5-6,9-10,12-15H,3-4,7-8,11,16H2,1-2H3,(H,24,26). The van der Waals surface area contributed by atoms with Gasteiger partial charge in [-0.05, 0) is 55.0 Å². The highest BCUT2D eigenvalue weighted by atomic mass is 79.9. The first-order valence-electron chi connectivity index (χ1n) is 9.35. The lowest BCUT2D eigenvalue weighted by atomic mass is 10.1. The second kappa shape index (κ2) is 10.9. The number of hydrogen-bond acceptors (Lipinski definition) is 2. The number of anilines is 1. The van der Waals surface area contributed by atoms with Crippen LogP contribution >= 0.6 is 15.9 Å².